The summed E-state index contributed by atoms with van der Waals surface area (Å²) in [5.41, 5.74) is 4.50. The quantitative estimate of drug-likeness (QED) is 0.800. The Balaban J connectivity index is 3.05. The summed E-state index contributed by atoms with van der Waals surface area (Å²) in [6, 6.07) is 6.79. The molecule has 0 amide bonds. The van der Waals surface area contributed by atoms with Gasteiger partial charge in [0.15, 0.2) is 0 Å². The lowest BCUT2D eigenvalue weighted by atomic mass is 9.93. The highest BCUT2D eigenvalue weighted by Crippen LogP contribution is 2.29. The zero-order valence-electron chi connectivity index (χ0n) is 7.56. The van der Waals surface area contributed by atoms with Gasteiger partial charge in [-0.2, -0.15) is 0 Å². The summed E-state index contributed by atoms with van der Waals surface area (Å²) in [5.74, 6) is 0. The van der Waals surface area contributed by atoms with Crippen molar-refractivity contribution in [2.75, 3.05) is 6.54 Å². The summed E-state index contributed by atoms with van der Waals surface area (Å²) in [6.07, 6.45) is 0.365. The summed E-state index contributed by atoms with van der Waals surface area (Å²) in [6.45, 7) is 1.76. The van der Waals surface area contributed by atoms with Gasteiger partial charge in [-0.25, -0.2) is 4.39 Å². The van der Waals surface area contributed by atoms with Gasteiger partial charge in [-0.3, -0.25) is 0 Å². The first kappa shape index (κ1) is 10.5. The molecule has 13 heavy (non-hydrogen) atoms. The number of rotatable bonds is 3. The van der Waals surface area contributed by atoms with Crippen LogP contribution in [0.15, 0.2) is 24.3 Å². The average molecular weight is 202 g/mol. The van der Waals surface area contributed by atoms with Gasteiger partial charge in [0, 0.05) is 11.6 Å². The minimum absolute atomic E-state index is 0.0101. The molecule has 0 aliphatic rings. The predicted octanol–water partition coefficient (Wildman–Crippen LogP) is 2.87. The zero-order chi connectivity index (χ0) is 9.90. The molecule has 0 aliphatic heterocycles. The second-order valence-electron chi connectivity index (χ2n) is 3.03. The maximum absolute atomic E-state index is 14.0. The third kappa shape index (κ3) is 2.20. The molecule has 0 radical (unpaired) electrons. The van der Waals surface area contributed by atoms with E-state index in [1.807, 2.05) is 0 Å². The van der Waals surface area contributed by atoms with E-state index < -0.39 is 5.67 Å². The zero-order valence-corrected chi connectivity index (χ0v) is 8.31. The third-order valence-electron chi connectivity index (χ3n) is 2.23. The molecule has 72 valence electrons. The molecule has 1 aromatic rings. The van der Waals surface area contributed by atoms with Crippen LogP contribution in [0.25, 0.3) is 0 Å². The van der Waals surface area contributed by atoms with Crippen LogP contribution in [0.2, 0.25) is 5.02 Å². The van der Waals surface area contributed by atoms with Gasteiger partial charge in [0.1, 0.15) is 5.67 Å². The van der Waals surface area contributed by atoms with Gasteiger partial charge in [-0.1, -0.05) is 30.7 Å². The van der Waals surface area contributed by atoms with Gasteiger partial charge < -0.3 is 5.73 Å². The largest absolute Gasteiger partial charge is 0.327 e. The van der Waals surface area contributed by atoms with E-state index in [4.69, 9.17) is 17.3 Å². The molecule has 0 bridgehead atoms. The Morgan fingerprint density at radius 3 is 2.69 bits per heavy atom. The Bertz CT molecular complexity index is 284. The highest BCUT2D eigenvalue weighted by Gasteiger charge is 2.27. The highest BCUT2D eigenvalue weighted by molar-refractivity contribution is 6.30. The van der Waals surface area contributed by atoms with E-state index in [0.717, 1.165) is 0 Å². The topological polar surface area (TPSA) is 26.0 Å². The molecular weight excluding hydrogens is 189 g/mol. The van der Waals surface area contributed by atoms with E-state index in [9.17, 15) is 4.39 Å². The predicted molar refractivity (Wildman–Crippen MR) is 53.6 cm³/mol. The molecule has 1 aromatic carbocycles. The monoisotopic (exact) mass is 201 g/mol. The summed E-state index contributed by atoms with van der Waals surface area (Å²) in [7, 11) is 0. The molecule has 0 saturated heterocycles. The minimum atomic E-state index is -1.44. The first-order valence-electron chi connectivity index (χ1n) is 4.27. The second kappa shape index (κ2) is 4.07. The number of hydrogen-bond donors (Lipinski definition) is 1. The van der Waals surface area contributed by atoms with Crippen LogP contribution in [0.3, 0.4) is 0 Å². The van der Waals surface area contributed by atoms with Crippen LogP contribution in [0.5, 0.6) is 0 Å². The summed E-state index contributed by atoms with van der Waals surface area (Å²) in [5, 5.41) is 0.543. The lowest BCUT2D eigenvalue weighted by Crippen LogP contribution is -2.29. The van der Waals surface area contributed by atoms with Crippen molar-refractivity contribution in [1.29, 1.82) is 0 Å². The molecule has 1 nitrogen and oxygen atoms in total. The Labute approximate surface area is 82.7 Å². The molecule has 1 rings (SSSR count). The van der Waals surface area contributed by atoms with E-state index in [-0.39, 0.29) is 6.54 Å². The Morgan fingerprint density at radius 2 is 2.23 bits per heavy atom. The fraction of sp³-hybridized carbons (Fsp3) is 0.400. The van der Waals surface area contributed by atoms with Gasteiger partial charge in [-0.15, -0.1) is 0 Å². The van der Waals surface area contributed by atoms with Crippen molar-refractivity contribution in [3.05, 3.63) is 34.9 Å². The molecule has 0 heterocycles. The molecule has 1 unspecified atom stereocenters. The number of alkyl halides is 1. The molecule has 0 aromatic heterocycles. The van der Waals surface area contributed by atoms with Crippen LogP contribution in [0.1, 0.15) is 18.9 Å². The normalized spacial score (nSPS) is 15.4. The minimum Gasteiger partial charge on any atom is -0.327 e. The number of benzene rings is 1. The van der Waals surface area contributed by atoms with E-state index >= 15 is 0 Å². The fourth-order valence-electron chi connectivity index (χ4n) is 1.23. The average Bonchev–Trinajstić information content (AvgIpc) is 2.17. The first-order chi connectivity index (χ1) is 6.12. The first-order valence-corrected chi connectivity index (χ1v) is 4.65. The lowest BCUT2D eigenvalue weighted by molar-refractivity contribution is 0.169. The number of halogens is 2. The van der Waals surface area contributed by atoms with Gasteiger partial charge in [-0.05, 0) is 24.1 Å². The van der Waals surface area contributed by atoms with Crippen LogP contribution in [-0.4, -0.2) is 6.54 Å². The van der Waals surface area contributed by atoms with Crippen LogP contribution in [0.4, 0.5) is 4.39 Å². The van der Waals surface area contributed by atoms with E-state index in [1.165, 1.54) is 0 Å². The molecule has 0 saturated carbocycles. The van der Waals surface area contributed by atoms with Gasteiger partial charge in [0.25, 0.3) is 0 Å². The summed E-state index contributed by atoms with van der Waals surface area (Å²) < 4.78 is 14.0. The molecule has 0 aliphatic carbocycles. The molecule has 2 N–H and O–H groups in total. The van der Waals surface area contributed by atoms with Gasteiger partial charge >= 0.3 is 0 Å². The maximum atomic E-state index is 14.0. The highest BCUT2D eigenvalue weighted by atomic mass is 35.5. The second-order valence-corrected chi connectivity index (χ2v) is 3.47. The Morgan fingerprint density at radius 1 is 1.54 bits per heavy atom. The van der Waals surface area contributed by atoms with Gasteiger partial charge in [0.2, 0.25) is 0 Å². The van der Waals surface area contributed by atoms with Crippen molar-refractivity contribution in [2.45, 2.75) is 19.0 Å². The van der Waals surface area contributed by atoms with Crippen LogP contribution in [-0.2, 0) is 5.67 Å². The molecule has 1 atom stereocenters. The van der Waals surface area contributed by atoms with E-state index in [2.05, 4.69) is 0 Å². The van der Waals surface area contributed by atoms with Crippen LogP contribution >= 0.6 is 11.6 Å². The number of nitrogens with two attached hydrogens (primary N) is 1. The number of hydrogen-bond acceptors (Lipinski definition) is 1. The Hall–Kier alpha value is -0.600. The van der Waals surface area contributed by atoms with Crippen molar-refractivity contribution in [2.24, 2.45) is 5.73 Å². The fourth-order valence-corrected chi connectivity index (χ4v) is 1.42. The summed E-state index contributed by atoms with van der Waals surface area (Å²) in [4.78, 5) is 0. The Kier molecular flexibility index (Phi) is 3.28. The molecular formula is C10H13ClFN. The third-order valence-corrected chi connectivity index (χ3v) is 2.46. The lowest BCUT2D eigenvalue weighted by Gasteiger charge is -2.22. The van der Waals surface area contributed by atoms with E-state index in [0.29, 0.717) is 17.0 Å². The van der Waals surface area contributed by atoms with Gasteiger partial charge in [0.05, 0.1) is 0 Å². The summed E-state index contributed by atoms with van der Waals surface area (Å²) >= 11 is 5.76. The van der Waals surface area contributed by atoms with Crippen molar-refractivity contribution in [1.82, 2.24) is 0 Å². The smallest absolute Gasteiger partial charge is 0.147 e. The van der Waals surface area contributed by atoms with Crippen molar-refractivity contribution in [3.63, 3.8) is 0 Å². The van der Waals surface area contributed by atoms with Crippen molar-refractivity contribution >= 4 is 11.6 Å². The van der Waals surface area contributed by atoms with E-state index in [1.54, 1.807) is 31.2 Å². The van der Waals surface area contributed by atoms with Crippen LogP contribution in [0, 0.1) is 0 Å². The standard InChI is InChI=1S/C10H13ClFN/c1-2-10(12,7-13)8-4-3-5-9(11)6-8/h3-6H,2,7,13H2,1H3. The van der Waals surface area contributed by atoms with Crippen LogP contribution < -0.4 is 5.73 Å². The van der Waals surface area contributed by atoms with Crippen molar-refractivity contribution < 1.29 is 4.39 Å². The van der Waals surface area contributed by atoms with Crippen molar-refractivity contribution in [3.8, 4) is 0 Å². The maximum Gasteiger partial charge on any atom is 0.147 e. The molecule has 3 heteroatoms. The molecule has 0 spiro atoms. The SMILES string of the molecule is CCC(F)(CN)c1cccc(Cl)c1. The molecule has 0 fully saturated rings.